The minimum Gasteiger partial charge on any atom is -0.508 e. The molecule has 0 spiro atoms. The van der Waals surface area contributed by atoms with Crippen molar-refractivity contribution in [1.29, 1.82) is 0 Å². The van der Waals surface area contributed by atoms with Crippen LogP contribution in [0.25, 0.3) is 0 Å². The molecule has 4 rings (SSSR count). The molecule has 1 amide bonds. The summed E-state index contributed by atoms with van der Waals surface area (Å²) in [6.07, 6.45) is 0.869. The maximum atomic E-state index is 12.9. The molecular formula is C17H16N2O2. The normalized spacial score (nSPS) is 19.4. The number of amides is 1. The van der Waals surface area contributed by atoms with Gasteiger partial charge in [-0.25, -0.2) is 0 Å². The summed E-state index contributed by atoms with van der Waals surface area (Å²) in [6.45, 7) is 2.50. The van der Waals surface area contributed by atoms with E-state index in [2.05, 4.69) is 11.4 Å². The summed E-state index contributed by atoms with van der Waals surface area (Å²) in [6, 6.07) is 11.6. The lowest BCUT2D eigenvalue weighted by Gasteiger charge is -2.22. The number of hydrogen-bond donors (Lipinski definition) is 2. The van der Waals surface area contributed by atoms with Gasteiger partial charge in [0.05, 0.1) is 17.3 Å². The zero-order chi connectivity index (χ0) is 14.6. The lowest BCUT2D eigenvalue weighted by molar-refractivity contribution is 0.0983. The predicted molar refractivity (Wildman–Crippen MR) is 82.1 cm³/mol. The first-order valence-electron chi connectivity index (χ1n) is 7.14. The molecule has 0 bridgehead atoms. The number of carbonyl (C=O) groups is 1. The number of fused-ring (bicyclic) bond motifs is 4. The van der Waals surface area contributed by atoms with Gasteiger partial charge in [-0.05, 0) is 36.6 Å². The molecule has 0 aliphatic carbocycles. The van der Waals surface area contributed by atoms with Crippen molar-refractivity contribution in [2.75, 3.05) is 16.8 Å². The summed E-state index contributed by atoms with van der Waals surface area (Å²) in [5.74, 6) is 0.226. The molecule has 0 saturated carbocycles. The molecule has 0 radical (unpaired) electrons. The number of carbonyl (C=O) groups excluding carboxylic acids is 1. The van der Waals surface area contributed by atoms with Gasteiger partial charge >= 0.3 is 0 Å². The van der Waals surface area contributed by atoms with Crippen LogP contribution < -0.4 is 10.2 Å². The van der Waals surface area contributed by atoms with E-state index in [-0.39, 0.29) is 17.7 Å². The maximum absolute atomic E-state index is 12.9. The number of rotatable bonds is 0. The van der Waals surface area contributed by atoms with Crippen LogP contribution in [0, 0.1) is 6.92 Å². The van der Waals surface area contributed by atoms with E-state index >= 15 is 0 Å². The van der Waals surface area contributed by atoms with Crippen LogP contribution in [0.3, 0.4) is 0 Å². The van der Waals surface area contributed by atoms with Crippen LogP contribution >= 0.6 is 0 Å². The van der Waals surface area contributed by atoms with Gasteiger partial charge in [0.1, 0.15) is 5.75 Å². The Morgan fingerprint density at radius 2 is 2.10 bits per heavy atom. The number of phenolic OH excluding ortho intramolecular Hbond substituents is 1. The number of benzene rings is 2. The van der Waals surface area contributed by atoms with Crippen molar-refractivity contribution in [2.45, 2.75) is 19.4 Å². The average Bonchev–Trinajstić information content (AvgIpc) is 2.80. The Kier molecular flexibility index (Phi) is 2.48. The molecule has 0 saturated heterocycles. The fraction of sp³-hybridized carbons (Fsp3) is 0.235. The Bertz CT molecular complexity index is 754. The standard InChI is InChI=1S/C17H16N2O2/c1-10-6-13-14(8-16(10)20)18-9-12-7-11-4-2-3-5-15(11)19(12)17(13)21/h2-6,8,12,18,20H,7,9H2,1H3/t12-/m0/s1. The van der Waals surface area contributed by atoms with Crippen molar-refractivity contribution in [3.8, 4) is 5.75 Å². The number of hydrogen-bond acceptors (Lipinski definition) is 3. The second-order valence-corrected chi connectivity index (χ2v) is 5.73. The highest BCUT2D eigenvalue weighted by Crippen LogP contribution is 2.37. The van der Waals surface area contributed by atoms with Crippen molar-refractivity contribution < 1.29 is 9.90 Å². The number of nitrogens with one attached hydrogen (secondary N) is 1. The van der Waals surface area contributed by atoms with E-state index in [0.717, 1.165) is 23.4 Å². The fourth-order valence-corrected chi connectivity index (χ4v) is 3.28. The van der Waals surface area contributed by atoms with E-state index in [0.29, 0.717) is 12.1 Å². The molecule has 0 fully saturated rings. The molecule has 4 heteroatoms. The third-order valence-electron chi connectivity index (χ3n) is 4.39. The molecule has 4 nitrogen and oxygen atoms in total. The molecular weight excluding hydrogens is 264 g/mol. The highest BCUT2D eigenvalue weighted by Gasteiger charge is 2.37. The molecule has 2 aromatic rings. The molecule has 2 aliphatic rings. The topological polar surface area (TPSA) is 52.6 Å². The largest absolute Gasteiger partial charge is 0.508 e. The molecule has 1 atom stereocenters. The number of nitrogens with zero attached hydrogens (tertiary/aromatic N) is 1. The predicted octanol–water partition coefficient (Wildman–Crippen LogP) is 2.70. The van der Waals surface area contributed by atoms with Gasteiger partial charge < -0.3 is 15.3 Å². The van der Waals surface area contributed by atoms with Crippen molar-refractivity contribution in [3.63, 3.8) is 0 Å². The van der Waals surface area contributed by atoms with Gasteiger partial charge in [0.2, 0.25) is 0 Å². The third kappa shape index (κ3) is 1.72. The van der Waals surface area contributed by atoms with Gasteiger partial charge in [-0.2, -0.15) is 0 Å². The van der Waals surface area contributed by atoms with Gasteiger partial charge in [-0.1, -0.05) is 18.2 Å². The summed E-state index contributed by atoms with van der Waals surface area (Å²) in [7, 11) is 0. The monoisotopic (exact) mass is 280 g/mol. The second-order valence-electron chi connectivity index (χ2n) is 5.73. The van der Waals surface area contributed by atoms with Crippen molar-refractivity contribution in [2.24, 2.45) is 0 Å². The van der Waals surface area contributed by atoms with E-state index in [1.807, 2.05) is 30.0 Å². The van der Waals surface area contributed by atoms with E-state index in [9.17, 15) is 9.90 Å². The first kappa shape index (κ1) is 12.3. The number of para-hydroxylation sites is 1. The number of aryl methyl sites for hydroxylation is 1. The minimum absolute atomic E-state index is 0.00745. The Morgan fingerprint density at radius 3 is 2.95 bits per heavy atom. The Labute approximate surface area is 123 Å². The number of aromatic hydroxyl groups is 1. The van der Waals surface area contributed by atoms with Crippen molar-refractivity contribution >= 4 is 17.3 Å². The molecule has 0 aromatic heterocycles. The van der Waals surface area contributed by atoms with Gasteiger partial charge in [0.25, 0.3) is 5.91 Å². The summed E-state index contributed by atoms with van der Waals surface area (Å²) >= 11 is 0. The molecule has 2 heterocycles. The lowest BCUT2D eigenvalue weighted by Crippen LogP contribution is -2.39. The van der Waals surface area contributed by atoms with E-state index in [1.54, 1.807) is 12.1 Å². The van der Waals surface area contributed by atoms with Crippen LogP contribution in [0.4, 0.5) is 11.4 Å². The smallest absolute Gasteiger partial charge is 0.260 e. The van der Waals surface area contributed by atoms with Gasteiger partial charge in [-0.15, -0.1) is 0 Å². The second kappa shape index (κ2) is 4.25. The molecule has 2 N–H and O–H groups in total. The summed E-state index contributed by atoms with van der Waals surface area (Å²) in [5, 5.41) is 13.2. The van der Waals surface area contributed by atoms with Crippen molar-refractivity contribution in [1.82, 2.24) is 0 Å². The Hall–Kier alpha value is -2.49. The van der Waals surface area contributed by atoms with Crippen LogP contribution in [-0.4, -0.2) is 23.6 Å². The molecule has 2 aliphatic heterocycles. The maximum Gasteiger partial charge on any atom is 0.260 e. The molecule has 2 aromatic carbocycles. The van der Waals surface area contributed by atoms with Crippen LogP contribution in [0.2, 0.25) is 0 Å². The highest BCUT2D eigenvalue weighted by atomic mass is 16.3. The summed E-state index contributed by atoms with van der Waals surface area (Å²) < 4.78 is 0. The number of phenols is 1. The Morgan fingerprint density at radius 1 is 1.29 bits per heavy atom. The zero-order valence-corrected chi connectivity index (χ0v) is 11.8. The van der Waals surface area contributed by atoms with Crippen LogP contribution in [-0.2, 0) is 6.42 Å². The Balaban J connectivity index is 1.86. The molecule has 106 valence electrons. The zero-order valence-electron chi connectivity index (χ0n) is 11.8. The fourth-order valence-electron chi connectivity index (χ4n) is 3.28. The van der Waals surface area contributed by atoms with Gasteiger partial charge in [0, 0.05) is 18.3 Å². The molecule has 21 heavy (non-hydrogen) atoms. The van der Waals surface area contributed by atoms with Crippen LogP contribution in [0.1, 0.15) is 21.5 Å². The minimum atomic E-state index is 0.00745. The van der Waals surface area contributed by atoms with E-state index < -0.39 is 0 Å². The third-order valence-corrected chi connectivity index (χ3v) is 4.39. The quantitative estimate of drug-likeness (QED) is 0.780. The first-order valence-corrected chi connectivity index (χ1v) is 7.14. The van der Waals surface area contributed by atoms with Crippen molar-refractivity contribution in [3.05, 3.63) is 53.1 Å². The van der Waals surface area contributed by atoms with Crippen LogP contribution in [0.15, 0.2) is 36.4 Å². The summed E-state index contributed by atoms with van der Waals surface area (Å²) in [4.78, 5) is 14.8. The SMILES string of the molecule is Cc1cc2c(cc1O)NC[C@@H]1Cc3ccccc3N1C2=O. The first-order chi connectivity index (χ1) is 10.1. The van der Waals surface area contributed by atoms with E-state index in [1.165, 1.54) is 5.56 Å². The van der Waals surface area contributed by atoms with Crippen LogP contribution in [0.5, 0.6) is 5.75 Å². The average molecular weight is 280 g/mol. The van der Waals surface area contributed by atoms with Gasteiger partial charge in [0.15, 0.2) is 0 Å². The molecule has 0 unspecified atom stereocenters. The van der Waals surface area contributed by atoms with Gasteiger partial charge in [-0.3, -0.25) is 4.79 Å². The number of anilines is 2. The van der Waals surface area contributed by atoms with E-state index in [4.69, 9.17) is 0 Å². The summed E-state index contributed by atoms with van der Waals surface area (Å²) in [5.41, 5.74) is 4.29. The lowest BCUT2D eigenvalue weighted by atomic mass is 10.1. The highest BCUT2D eigenvalue weighted by molar-refractivity contribution is 6.12.